The molecule has 0 unspecified atom stereocenters. The summed E-state index contributed by atoms with van der Waals surface area (Å²) in [6.07, 6.45) is 2.07. The molecule has 84 valence electrons. The van der Waals surface area contributed by atoms with E-state index >= 15 is 0 Å². The van der Waals surface area contributed by atoms with Crippen LogP contribution in [-0.2, 0) is 6.42 Å². The zero-order valence-corrected chi connectivity index (χ0v) is 9.46. The number of alkyl halides is 1. The summed E-state index contributed by atoms with van der Waals surface area (Å²) in [6, 6.07) is 0. The molecule has 1 saturated carbocycles. The molecule has 0 amide bonds. The van der Waals surface area contributed by atoms with E-state index in [4.69, 9.17) is 4.63 Å². The van der Waals surface area contributed by atoms with Gasteiger partial charge in [-0.2, -0.15) is 0 Å². The van der Waals surface area contributed by atoms with Crippen molar-refractivity contribution >= 4 is 0 Å². The van der Waals surface area contributed by atoms with Crippen LogP contribution in [0.1, 0.15) is 50.9 Å². The van der Waals surface area contributed by atoms with Gasteiger partial charge in [-0.3, -0.25) is 0 Å². The van der Waals surface area contributed by atoms with E-state index in [1.165, 1.54) is 0 Å². The predicted octanol–water partition coefficient (Wildman–Crippen LogP) is 2.87. The fourth-order valence-electron chi connectivity index (χ4n) is 2.36. The molecular weight excluding hydrogens is 195 g/mol. The highest BCUT2D eigenvalue weighted by molar-refractivity contribution is 5.13. The van der Waals surface area contributed by atoms with Gasteiger partial charge in [0.25, 0.3) is 0 Å². The maximum Gasteiger partial charge on any atom is 0.110 e. The van der Waals surface area contributed by atoms with Gasteiger partial charge in [-0.25, -0.2) is 9.02 Å². The van der Waals surface area contributed by atoms with Gasteiger partial charge >= 0.3 is 0 Å². The van der Waals surface area contributed by atoms with Gasteiger partial charge in [0.15, 0.2) is 0 Å². The normalized spacial score (nSPS) is 30.6. The van der Waals surface area contributed by atoms with Crippen molar-refractivity contribution < 1.29 is 9.02 Å². The van der Waals surface area contributed by atoms with E-state index in [9.17, 15) is 4.39 Å². The summed E-state index contributed by atoms with van der Waals surface area (Å²) in [5, 5.41) is 7.78. The SMILES string of the molecule is CC(C)c1nonc1CC1CC(C)(F)C1. The van der Waals surface area contributed by atoms with Crippen LogP contribution in [0.3, 0.4) is 0 Å². The summed E-state index contributed by atoms with van der Waals surface area (Å²) in [4.78, 5) is 0. The molecule has 1 fully saturated rings. The number of halogens is 1. The van der Waals surface area contributed by atoms with E-state index in [-0.39, 0.29) is 0 Å². The lowest BCUT2D eigenvalue weighted by Crippen LogP contribution is -2.37. The smallest absolute Gasteiger partial charge is 0.110 e. The molecule has 0 N–H and O–H groups in total. The Morgan fingerprint density at radius 1 is 1.47 bits per heavy atom. The van der Waals surface area contributed by atoms with E-state index in [0.717, 1.165) is 17.8 Å². The number of nitrogens with zero attached hydrogens (tertiary/aromatic N) is 2. The average Bonchev–Trinajstić information content (AvgIpc) is 2.48. The molecule has 2 rings (SSSR count). The van der Waals surface area contributed by atoms with Crippen LogP contribution in [-0.4, -0.2) is 16.0 Å². The maximum absolute atomic E-state index is 13.3. The van der Waals surface area contributed by atoms with Crippen LogP contribution in [0.2, 0.25) is 0 Å². The van der Waals surface area contributed by atoms with Crippen molar-refractivity contribution in [2.45, 2.75) is 51.6 Å². The number of hydrogen-bond donors (Lipinski definition) is 0. The molecule has 0 saturated heterocycles. The molecule has 15 heavy (non-hydrogen) atoms. The molecular formula is C11H17FN2O. The minimum Gasteiger partial charge on any atom is -0.244 e. The van der Waals surface area contributed by atoms with Crippen molar-refractivity contribution in [3.63, 3.8) is 0 Å². The second-order valence-electron chi connectivity index (χ2n) is 5.14. The van der Waals surface area contributed by atoms with Crippen molar-refractivity contribution in [2.24, 2.45) is 5.92 Å². The molecule has 1 aliphatic rings. The Bertz CT molecular complexity index is 338. The molecule has 0 bridgehead atoms. The minimum absolute atomic E-state index is 0.322. The third-order valence-electron chi connectivity index (χ3n) is 3.04. The van der Waals surface area contributed by atoms with Crippen LogP contribution < -0.4 is 0 Å². The number of aromatic nitrogens is 2. The first-order valence-corrected chi connectivity index (χ1v) is 5.48. The van der Waals surface area contributed by atoms with Crippen LogP contribution in [0.25, 0.3) is 0 Å². The third-order valence-corrected chi connectivity index (χ3v) is 3.04. The lowest BCUT2D eigenvalue weighted by molar-refractivity contribution is 0.0249. The molecule has 1 heterocycles. The summed E-state index contributed by atoms with van der Waals surface area (Å²) in [6.45, 7) is 5.78. The van der Waals surface area contributed by atoms with Crippen molar-refractivity contribution in [1.82, 2.24) is 10.3 Å². The van der Waals surface area contributed by atoms with E-state index in [2.05, 4.69) is 24.2 Å². The molecule has 3 nitrogen and oxygen atoms in total. The summed E-state index contributed by atoms with van der Waals surface area (Å²) >= 11 is 0. The Labute approximate surface area is 89.0 Å². The minimum atomic E-state index is -0.959. The van der Waals surface area contributed by atoms with Crippen LogP contribution in [0.5, 0.6) is 0 Å². The largest absolute Gasteiger partial charge is 0.244 e. The van der Waals surface area contributed by atoms with Crippen LogP contribution in [0, 0.1) is 5.92 Å². The fourth-order valence-corrected chi connectivity index (χ4v) is 2.36. The predicted molar refractivity (Wildman–Crippen MR) is 54.3 cm³/mol. The van der Waals surface area contributed by atoms with E-state index in [1.54, 1.807) is 6.92 Å². The monoisotopic (exact) mass is 212 g/mol. The van der Waals surface area contributed by atoms with Gasteiger partial charge in [-0.05, 0) is 32.1 Å². The second-order valence-corrected chi connectivity index (χ2v) is 5.14. The van der Waals surface area contributed by atoms with Crippen molar-refractivity contribution in [3.05, 3.63) is 11.4 Å². The van der Waals surface area contributed by atoms with Crippen molar-refractivity contribution in [1.29, 1.82) is 0 Å². The van der Waals surface area contributed by atoms with Crippen molar-refractivity contribution in [3.8, 4) is 0 Å². The Kier molecular flexibility index (Phi) is 2.52. The molecule has 0 radical (unpaired) electrons. The zero-order chi connectivity index (χ0) is 11.1. The van der Waals surface area contributed by atoms with Crippen LogP contribution in [0.4, 0.5) is 4.39 Å². The van der Waals surface area contributed by atoms with Crippen LogP contribution >= 0.6 is 0 Å². The average molecular weight is 212 g/mol. The topological polar surface area (TPSA) is 38.9 Å². The molecule has 0 aromatic carbocycles. The first-order valence-electron chi connectivity index (χ1n) is 5.48. The quantitative estimate of drug-likeness (QED) is 0.773. The van der Waals surface area contributed by atoms with Crippen molar-refractivity contribution in [2.75, 3.05) is 0 Å². The summed E-state index contributed by atoms with van der Waals surface area (Å²) in [5.41, 5.74) is 0.868. The summed E-state index contributed by atoms with van der Waals surface area (Å²) in [5.74, 6) is 0.729. The van der Waals surface area contributed by atoms with Gasteiger partial charge in [0, 0.05) is 5.92 Å². The molecule has 4 heteroatoms. The second kappa shape index (κ2) is 3.58. The molecule has 0 atom stereocenters. The lowest BCUT2D eigenvalue weighted by atomic mass is 9.71. The Morgan fingerprint density at radius 3 is 2.67 bits per heavy atom. The number of rotatable bonds is 3. The molecule has 1 aliphatic carbocycles. The van der Waals surface area contributed by atoms with Gasteiger partial charge in [-0.15, -0.1) is 0 Å². The Morgan fingerprint density at radius 2 is 2.13 bits per heavy atom. The first kappa shape index (κ1) is 10.6. The zero-order valence-electron chi connectivity index (χ0n) is 9.46. The highest BCUT2D eigenvalue weighted by atomic mass is 19.1. The molecule has 1 aromatic heterocycles. The van der Waals surface area contributed by atoms with E-state index in [1.807, 2.05) is 0 Å². The highest BCUT2D eigenvalue weighted by Gasteiger charge is 2.41. The first-order chi connectivity index (χ1) is 6.98. The van der Waals surface area contributed by atoms with E-state index < -0.39 is 5.67 Å². The standard InChI is InChI=1S/C11H17FN2O/c1-7(2)10-9(13-15-14-10)4-8-5-11(3,12)6-8/h7-8H,4-6H2,1-3H3. The molecule has 0 spiro atoms. The highest BCUT2D eigenvalue weighted by Crippen LogP contribution is 2.42. The molecule has 0 aliphatic heterocycles. The van der Waals surface area contributed by atoms with E-state index in [0.29, 0.717) is 24.7 Å². The third kappa shape index (κ3) is 2.19. The number of hydrogen-bond acceptors (Lipinski definition) is 3. The van der Waals surface area contributed by atoms with Gasteiger partial charge in [0.1, 0.15) is 17.1 Å². The van der Waals surface area contributed by atoms with Gasteiger partial charge in [0.2, 0.25) is 0 Å². The fraction of sp³-hybridized carbons (Fsp3) is 0.818. The Balaban J connectivity index is 1.97. The van der Waals surface area contributed by atoms with Crippen LogP contribution in [0.15, 0.2) is 4.63 Å². The van der Waals surface area contributed by atoms with Gasteiger partial charge < -0.3 is 0 Å². The lowest BCUT2D eigenvalue weighted by Gasteiger charge is -2.38. The summed E-state index contributed by atoms with van der Waals surface area (Å²) < 4.78 is 18.0. The van der Waals surface area contributed by atoms with Gasteiger partial charge in [0.05, 0.1) is 0 Å². The van der Waals surface area contributed by atoms with Gasteiger partial charge in [-0.1, -0.05) is 24.2 Å². The summed E-state index contributed by atoms with van der Waals surface area (Å²) in [7, 11) is 0. The maximum atomic E-state index is 13.3. The Hall–Kier alpha value is -0.930. The molecule has 1 aromatic rings.